The first-order chi connectivity index (χ1) is 13.1. The third-order valence-electron chi connectivity index (χ3n) is 4.96. The molecule has 0 bridgehead atoms. The lowest BCUT2D eigenvalue weighted by Crippen LogP contribution is -2.49. The van der Waals surface area contributed by atoms with E-state index in [1.54, 1.807) is 0 Å². The first-order valence-corrected chi connectivity index (χ1v) is 9.90. The van der Waals surface area contributed by atoms with Crippen LogP contribution in [-0.2, 0) is 4.79 Å². The van der Waals surface area contributed by atoms with Crippen molar-refractivity contribution < 1.29 is 14.7 Å². The van der Waals surface area contributed by atoms with Crippen LogP contribution in [0.15, 0.2) is 59.1 Å². The normalized spacial score (nSPS) is 16.1. The summed E-state index contributed by atoms with van der Waals surface area (Å²) in [6.45, 7) is 2.73. The first-order valence-electron chi connectivity index (χ1n) is 9.11. The van der Waals surface area contributed by atoms with E-state index in [0.717, 1.165) is 23.1 Å². The van der Waals surface area contributed by atoms with Gasteiger partial charge in [-0.05, 0) is 40.0 Å². The van der Waals surface area contributed by atoms with Gasteiger partial charge in [-0.2, -0.15) is 0 Å². The minimum atomic E-state index is -0.779. The zero-order valence-electron chi connectivity index (χ0n) is 15.1. The predicted molar refractivity (Wildman–Crippen MR) is 108 cm³/mol. The number of carboxylic acid groups (broad SMARTS) is 1. The number of halogens is 1. The molecule has 1 saturated heterocycles. The average molecular weight is 431 g/mol. The SMILES string of the molecule is O=C(O)CC[C@H](c1ccccc1)N1CCN(C(=O)c2ccccc2Br)CC1. The summed E-state index contributed by atoms with van der Waals surface area (Å²) in [5, 5.41) is 9.10. The van der Waals surface area contributed by atoms with Crippen LogP contribution in [0, 0.1) is 0 Å². The summed E-state index contributed by atoms with van der Waals surface area (Å²) in [6, 6.07) is 17.5. The Morgan fingerprint density at radius 3 is 2.22 bits per heavy atom. The largest absolute Gasteiger partial charge is 0.481 e. The molecule has 1 atom stereocenters. The number of hydrogen-bond acceptors (Lipinski definition) is 3. The molecular formula is C21H23BrN2O3. The first kappa shape index (κ1) is 19.6. The molecule has 0 unspecified atom stereocenters. The number of hydrogen-bond donors (Lipinski definition) is 1. The molecular weight excluding hydrogens is 408 g/mol. The van der Waals surface area contributed by atoms with Crippen LogP contribution < -0.4 is 0 Å². The van der Waals surface area contributed by atoms with Gasteiger partial charge >= 0.3 is 5.97 Å². The number of rotatable bonds is 6. The highest BCUT2D eigenvalue weighted by Crippen LogP contribution is 2.27. The molecule has 6 heteroatoms. The van der Waals surface area contributed by atoms with Gasteiger partial charge in [0.25, 0.3) is 5.91 Å². The van der Waals surface area contributed by atoms with E-state index >= 15 is 0 Å². The molecule has 1 fully saturated rings. The minimum Gasteiger partial charge on any atom is -0.481 e. The van der Waals surface area contributed by atoms with Gasteiger partial charge in [0, 0.05) is 43.1 Å². The standard InChI is InChI=1S/C21H23BrN2O3/c22-18-9-5-4-8-17(18)21(27)24-14-12-23(13-15-24)19(10-11-20(25)26)16-6-2-1-3-7-16/h1-9,19H,10-15H2,(H,25,26)/t19-/m1/s1. The number of carbonyl (C=O) groups is 2. The number of carboxylic acids is 1. The van der Waals surface area contributed by atoms with E-state index in [-0.39, 0.29) is 18.4 Å². The highest BCUT2D eigenvalue weighted by atomic mass is 79.9. The molecule has 0 aromatic heterocycles. The van der Waals surface area contributed by atoms with Crippen LogP contribution in [0.4, 0.5) is 0 Å². The topological polar surface area (TPSA) is 60.9 Å². The third kappa shape index (κ3) is 4.96. The molecule has 142 valence electrons. The predicted octanol–water partition coefficient (Wildman–Crippen LogP) is 3.81. The van der Waals surface area contributed by atoms with Crippen LogP contribution in [0.25, 0.3) is 0 Å². The van der Waals surface area contributed by atoms with Crippen LogP contribution in [0.3, 0.4) is 0 Å². The van der Waals surface area contributed by atoms with E-state index in [0.29, 0.717) is 25.1 Å². The lowest BCUT2D eigenvalue weighted by molar-refractivity contribution is -0.137. The molecule has 1 aliphatic rings. The summed E-state index contributed by atoms with van der Waals surface area (Å²) < 4.78 is 0.807. The summed E-state index contributed by atoms with van der Waals surface area (Å²) in [7, 11) is 0. The third-order valence-corrected chi connectivity index (χ3v) is 5.65. The molecule has 3 rings (SSSR count). The second-order valence-corrected chi connectivity index (χ2v) is 7.52. The van der Waals surface area contributed by atoms with E-state index in [4.69, 9.17) is 5.11 Å². The molecule has 1 amide bonds. The molecule has 2 aromatic carbocycles. The van der Waals surface area contributed by atoms with Gasteiger partial charge in [0.05, 0.1) is 5.56 Å². The van der Waals surface area contributed by atoms with Gasteiger partial charge in [-0.3, -0.25) is 14.5 Å². The van der Waals surface area contributed by atoms with E-state index in [9.17, 15) is 9.59 Å². The van der Waals surface area contributed by atoms with Gasteiger partial charge in [0.15, 0.2) is 0 Å². The lowest BCUT2D eigenvalue weighted by atomic mass is 9.99. The average Bonchev–Trinajstić information content (AvgIpc) is 2.69. The van der Waals surface area contributed by atoms with Gasteiger partial charge in [0.2, 0.25) is 0 Å². The Bertz CT molecular complexity index is 789. The molecule has 0 spiro atoms. The van der Waals surface area contributed by atoms with Crippen molar-refractivity contribution in [1.82, 2.24) is 9.80 Å². The Balaban J connectivity index is 1.67. The van der Waals surface area contributed by atoms with Gasteiger partial charge in [-0.25, -0.2) is 0 Å². The second kappa shape index (κ2) is 9.15. The maximum absolute atomic E-state index is 12.8. The minimum absolute atomic E-state index is 0.0314. The Kier molecular flexibility index (Phi) is 6.63. The monoisotopic (exact) mass is 430 g/mol. The lowest BCUT2D eigenvalue weighted by Gasteiger charge is -2.39. The summed E-state index contributed by atoms with van der Waals surface area (Å²) in [5.74, 6) is -0.748. The van der Waals surface area contributed by atoms with Crippen molar-refractivity contribution in [2.45, 2.75) is 18.9 Å². The Labute approximate surface area is 167 Å². The number of aliphatic carboxylic acids is 1. The Morgan fingerprint density at radius 2 is 1.59 bits per heavy atom. The molecule has 1 aliphatic heterocycles. The number of benzene rings is 2. The van der Waals surface area contributed by atoms with Crippen molar-refractivity contribution in [3.63, 3.8) is 0 Å². The smallest absolute Gasteiger partial charge is 0.303 e. The highest BCUT2D eigenvalue weighted by Gasteiger charge is 2.28. The quantitative estimate of drug-likeness (QED) is 0.756. The van der Waals surface area contributed by atoms with E-state index in [2.05, 4.69) is 20.8 Å². The molecule has 0 saturated carbocycles. The Hall–Kier alpha value is -2.18. The van der Waals surface area contributed by atoms with Gasteiger partial charge < -0.3 is 10.0 Å². The van der Waals surface area contributed by atoms with Crippen LogP contribution in [-0.4, -0.2) is 53.0 Å². The fraction of sp³-hybridized carbons (Fsp3) is 0.333. The van der Waals surface area contributed by atoms with Crippen molar-refractivity contribution in [3.05, 3.63) is 70.2 Å². The van der Waals surface area contributed by atoms with E-state index in [1.807, 2.05) is 59.5 Å². The van der Waals surface area contributed by atoms with Crippen molar-refractivity contribution in [3.8, 4) is 0 Å². The summed E-state index contributed by atoms with van der Waals surface area (Å²) >= 11 is 3.45. The van der Waals surface area contributed by atoms with Crippen LogP contribution in [0.1, 0.15) is 34.8 Å². The zero-order chi connectivity index (χ0) is 19.2. The molecule has 5 nitrogen and oxygen atoms in total. The van der Waals surface area contributed by atoms with Crippen molar-refractivity contribution in [1.29, 1.82) is 0 Å². The Morgan fingerprint density at radius 1 is 0.963 bits per heavy atom. The molecule has 1 N–H and O–H groups in total. The van der Waals surface area contributed by atoms with Gasteiger partial charge in [-0.1, -0.05) is 42.5 Å². The van der Waals surface area contributed by atoms with Gasteiger partial charge in [-0.15, -0.1) is 0 Å². The molecule has 2 aromatic rings. The number of piperazine rings is 1. The summed E-state index contributed by atoms with van der Waals surface area (Å²) in [5.41, 5.74) is 1.81. The van der Waals surface area contributed by atoms with Crippen LogP contribution in [0.2, 0.25) is 0 Å². The number of nitrogens with zero attached hydrogens (tertiary/aromatic N) is 2. The fourth-order valence-electron chi connectivity index (χ4n) is 3.54. The molecule has 27 heavy (non-hydrogen) atoms. The molecule has 1 heterocycles. The summed E-state index contributed by atoms with van der Waals surface area (Å²) in [4.78, 5) is 28.0. The van der Waals surface area contributed by atoms with E-state index < -0.39 is 5.97 Å². The maximum Gasteiger partial charge on any atom is 0.303 e. The van der Waals surface area contributed by atoms with Crippen molar-refractivity contribution in [2.75, 3.05) is 26.2 Å². The zero-order valence-corrected chi connectivity index (χ0v) is 16.6. The summed E-state index contributed by atoms with van der Waals surface area (Å²) in [6.07, 6.45) is 0.702. The number of amides is 1. The van der Waals surface area contributed by atoms with Crippen LogP contribution in [0.5, 0.6) is 0 Å². The number of carbonyl (C=O) groups excluding carboxylic acids is 1. The molecule has 0 aliphatic carbocycles. The molecule has 0 radical (unpaired) electrons. The highest BCUT2D eigenvalue weighted by molar-refractivity contribution is 9.10. The fourth-order valence-corrected chi connectivity index (χ4v) is 3.99. The second-order valence-electron chi connectivity index (χ2n) is 6.67. The maximum atomic E-state index is 12.8. The van der Waals surface area contributed by atoms with Gasteiger partial charge in [0.1, 0.15) is 0 Å². The van der Waals surface area contributed by atoms with Crippen molar-refractivity contribution in [2.24, 2.45) is 0 Å². The van der Waals surface area contributed by atoms with Crippen LogP contribution >= 0.6 is 15.9 Å². The van der Waals surface area contributed by atoms with E-state index in [1.165, 1.54) is 0 Å². The van der Waals surface area contributed by atoms with Crippen molar-refractivity contribution >= 4 is 27.8 Å².